The second-order valence-corrected chi connectivity index (χ2v) is 4.73. The normalized spacial score (nSPS) is 23.2. The van der Waals surface area contributed by atoms with E-state index in [1.54, 1.807) is 11.6 Å². The van der Waals surface area contributed by atoms with Gasteiger partial charge >= 0.3 is 7.75 Å². The van der Waals surface area contributed by atoms with Gasteiger partial charge in [0.15, 0.2) is 0 Å². The van der Waals surface area contributed by atoms with Gasteiger partial charge in [0, 0.05) is 13.1 Å². The predicted octanol–water partition coefficient (Wildman–Crippen LogP) is 2.03. The van der Waals surface area contributed by atoms with Gasteiger partial charge in [-0.1, -0.05) is 6.42 Å². The zero-order valence-corrected chi connectivity index (χ0v) is 9.52. The number of rotatable bonds is 3. The lowest BCUT2D eigenvalue weighted by atomic mass is 10.2. The first kappa shape index (κ1) is 13.4. The molecule has 6 heteroatoms. The fourth-order valence-electron chi connectivity index (χ4n) is 1.38. The third kappa shape index (κ3) is 3.96. The van der Waals surface area contributed by atoms with E-state index in [0.29, 0.717) is 19.7 Å². The van der Waals surface area contributed by atoms with E-state index in [1.807, 2.05) is 0 Å². The van der Waals surface area contributed by atoms with Gasteiger partial charge in [-0.15, -0.1) is 12.4 Å². The first-order valence-electron chi connectivity index (χ1n) is 4.39. The fourth-order valence-corrected chi connectivity index (χ4v) is 2.67. The monoisotopic (exact) mass is 229 g/mol. The number of hydrogen-bond donors (Lipinski definition) is 1. The summed E-state index contributed by atoms with van der Waals surface area (Å²) in [5.74, 6) is 0. The van der Waals surface area contributed by atoms with Crippen LogP contribution in [-0.4, -0.2) is 29.3 Å². The maximum absolute atomic E-state index is 11.4. The van der Waals surface area contributed by atoms with E-state index < -0.39 is 7.75 Å². The Hall–Kier alpha value is 0.400. The van der Waals surface area contributed by atoms with Crippen LogP contribution in [0.3, 0.4) is 0 Å². The second kappa shape index (κ2) is 5.99. The average molecular weight is 230 g/mol. The largest absolute Gasteiger partial charge is 0.405 e. The highest BCUT2D eigenvalue weighted by Gasteiger charge is 2.29. The van der Waals surface area contributed by atoms with Gasteiger partial charge in [-0.25, -0.2) is 9.24 Å². The number of halogens is 1. The third-order valence-corrected chi connectivity index (χ3v) is 3.70. The maximum atomic E-state index is 11.4. The zero-order chi connectivity index (χ0) is 9.03. The van der Waals surface area contributed by atoms with Crippen molar-refractivity contribution in [1.82, 2.24) is 4.67 Å². The summed E-state index contributed by atoms with van der Waals surface area (Å²) in [6.07, 6.45) is 3.15. The van der Waals surface area contributed by atoms with Crippen molar-refractivity contribution in [2.24, 2.45) is 0 Å². The van der Waals surface area contributed by atoms with Crippen molar-refractivity contribution >= 4 is 20.2 Å². The van der Waals surface area contributed by atoms with E-state index in [9.17, 15) is 9.46 Å². The van der Waals surface area contributed by atoms with Crippen LogP contribution in [0, 0.1) is 0 Å². The molecular weight excluding hydrogens is 213 g/mol. The van der Waals surface area contributed by atoms with Crippen LogP contribution in [0.1, 0.15) is 26.2 Å². The van der Waals surface area contributed by atoms with Crippen molar-refractivity contribution in [2.45, 2.75) is 26.2 Å². The molecular formula is C7H17ClNO3P. The molecule has 1 saturated heterocycles. The van der Waals surface area contributed by atoms with Gasteiger partial charge in [-0.05, 0) is 19.8 Å². The smallest absolute Gasteiger partial charge is 0.312 e. The summed E-state index contributed by atoms with van der Waals surface area (Å²) in [6, 6.07) is 0. The van der Waals surface area contributed by atoms with Crippen molar-refractivity contribution < 1.29 is 14.0 Å². The SMILES string of the molecule is CCOP(=O)(O)N1CCCCC1.Cl. The standard InChI is InChI=1S/C7H16NO3P.ClH/c1-2-11-12(9,10)8-6-4-3-5-7-8;/h2-7H2,1H3,(H,9,10);1H. The Morgan fingerprint density at radius 2 is 1.92 bits per heavy atom. The van der Waals surface area contributed by atoms with E-state index >= 15 is 0 Å². The van der Waals surface area contributed by atoms with E-state index in [-0.39, 0.29) is 12.4 Å². The van der Waals surface area contributed by atoms with Crippen LogP contribution in [0.4, 0.5) is 0 Å². The molecule has 1 atom stereocenters. The van der Waals surface area contributed by atoms with Crippen molar-refractivity contribution in [3.05, 3.63) is 0 Å². The summed E-state index contributed by atoms with van der Waals surface area (Å²) >= 11 is 0. The van der Waals surface area contributed by atoms with E-state index in [2.05, 4.69) is 0 Å². The molecule has 1 rings (SSSR count). The quantitative estimate of drug-likeness (QED) is 0.753. The van der Waals surface area contributed by atoms with Crippen molar-refractivity contribution in [1.29, 1.82) is 0 Å². The molecule has 0 spiro atoms. The molecule has 0 radical (unpaired) electrons. The van der Waals surface area contributed by atoms with Crippen LogP contribution >= 0.6 is 20.2 Å². The van der Waals surface area contributed by atoms with Gasteiger partial charge in [0.25, 0.3) is 0 Å². The Morgan fingerprint density at radius 1 is 1.38 bits per heavy atom. The Bertz CT molecular complexity index is 185. The second-order valence-electron chi connectivity index (χ2n) is 2.92. The van der Waals surface area contributed by atoms with E-state index in [0.717, 1.165) is 19.3 Å². The number of nitrogens with zero attached hydrogens (tertiary/aromatic N) is 1. The van der Waals surface area contributed by atoms with E-state index in [1.165, 1.54) is 0 Å². The minimum atomic E-state index is -3.43. The highest BCUT2D eigenvalue weighted by atomic mass is 35.5. The highest BCUT2D eigenvalue weighted by Crippen LogP contribution is 2.47. The molecule has 0 amide bonds. The lowest BCUT2D eigenvalue weighted by molar-refractivity contribution is 0.196. The maximum Gasteiger partial charge on any atom is 0.405 e. The van der Waals surface area contributed by atoms with Gasteiger partial charge in [0.1, 0.15) is 0 Å². The summed E-state index contributed by atoms with van der Waals surface area (Å²) in [7, 11) is -3.43. The average Bonchev–Trinajstić information content (AvgIpc) is 2.06. The molecule has 13 heavy (non-hydrogen) atoms. The molecule has 1 fully saturated rings. The van der Waals surface area contributed by atoms with Crippen LogP contribution in [0.5, 0.6) is 0 Å². The summed E-state index contributed by atoms with van der Waals surface area (Å²) in [4.78, 5) is 9.40. The third-order valence-electron chi connectivity index (χ3n) is 1.99. The molecule has 1 aliphatic rings. The van der Waals surface area contributed by atoms with Crippen LogP contribution < -0.4 is 0 Å². The Labute approximate surface area is 85.3 Å². The van der Waals surface area contributed by atoms with Gasteiger partial charge < -0.3 is 4.89 Å². The summed E-state index contributed by atoms with van der Waals surface area (Å²) in [5.41, 5.74) is 0. The topological polar surface area (TPSA) is 49.8 Å². The highest BCUT2D eigenvalue weighted by molar-refractivity contribution is 7.50. The van der Waals surface area contributed by atoms with Gasteiger partial charge in [0.2, 0.25) is 0 Å². The summed E-state index contributed by atoms with van der Waals surface area (Å²) < 4.78 is 17.8. The molecule has 0 saturated carbocycles. The Kier molecular flexibility index (Phi) is 6.18. The molecule has 1 heterocycles. The molecule has 1 aliphatic heterocycles. The van der Waals surface area contributed by atoms with Gasteiger partial charge in [-0.2, -0.15) is 0 Å². The van der Waals surface area contributed by atoms with Crippen LogP contribution in [0.15, 0.2) is 0 Å². The lowest BCUT2D eigenvalue weighted by Gasteiger charge is -2.29. The van der Waals surface area contributed by atoms with Gasteiger partial charge in [0.05, 0.1) is 6.61 Å². The predicted molar refractivity (Wildman–Crippen MR) is 54.1 cm³/mol. The minimum Gasteiger partial charge on any atom is -0.312 e. The number of hydrogen-bond acceptors (Lipinski definition) is 2. The van der Waals surface area contributed by atoms with Crippen LogP contribution in [0.25, 0.3) is 0 Å². The molecule has 0 aliphatic carbocycles. The number of piperidine rings is 1. The van der Waals surface area contributed by atoms with Crippen molar-refractivity contribution in [3.8, 4) is 0 Å². The summed E-state index contributed by atoms with van der Waals surface area (Å²) in [6.45, 7) is 3.40. The van der Waals surface area contributed by atoms with E-state index in [4.69, 9.17) is 4.52 Å². The molecule has 4 nitrogen and oxygen atoms in total. The molecule has 1 unspecified atom stereocenters. The molecule has 0 bridgehead atoms. The molecule has 1 N–H and O–H groups in total. The van der Waals surface area contributed by atoms with Gasteiger partial charge in [-0.3, -0.25) is 4.52 Å². The molecule has 80 valence electrons. The van der Waals surface area contributed by atoms with Crippen LogP contribution in [-0.2, 0) is 9.09 Å². The fraction of sp³-hybridized carbons (Fsp3) is 1.00. The Balaban J connectivity index is 0.00000144. The minimum absolute atomic E-state index is 0. The molecule has 0 aromatic carbocycles. The van der Waals surface area contributed by atoms with Crippen molar-refractivity contribution in [2.75, 3.05) is 19.7 Å². The van der Waals surface area contributed by atoms with Crippen molar-refractivity contribution in [3.63, 3.8) is 0 Å². The first-order valence-corrected chi connectivity index (χ1v) is 5.92. The summed E-state index contributed by atoms with van der Waals surface area (Å²) in [5, 5.41) is 0. The van der Waals surface area contributed by atoms with Crippen LogP contribution in [0.2, 0.25) is 0 Å². The zero-order valence-electron chi connectivity index (χ0n) is 7.81. The Morgan fingerprint density at radius 3 is 2.38 bits per heavy atom. The first-order chi connectivity index (χ1) is 5.67. The molecule has 0 aromatic heterocycles. The molecule has 0 aromatic rings. The lowest BCUT2D eigenvalue weighted by Crippen LogP contribution is -2.27.